The van der Waals surface area contributed by atoms with Gasteiger partial charge in [0.15, 0.2) is 12.1 Å². The summed E-state index contributed by atoms with van der Waals surface area (Å²) < 4.78 is 4.81. The molecule has 0 heterocycles. The highest BCUT2D eigenvalue weighted by Gasteiger charge is 2.14. The first kappa shape index (κ1) is 14.4. The van der Waals surface area contributed by atoms with Crippen LogP contribution in [-0.4, -0.2) is 30.5 Å². The van der Waals surface area contributed by atoms with Crippen LogP contribution in [0.5, 0.6) is 0 Å². The van der Waals surface area contributed by atoms with Crippen molar-refractivity contribution in [3.05, 3.63) is 34.9 Å². The van der Waals surface area contributed by atoms with Gasteiger partial charge >= 0.3 is 5.97 Å². The molecule has 1 aromatic carbocycles. The van der Waals surface area contributed by atoms with Crippen molar-refractivity contribution in [2.75, 3.05) is 12.5 Å². The van der Waals surface area contributed by atoms with E-state index in [4.69, 9.17) is 16.3 Å². The number of ketones is 1. The zero-order valence-electron chi connectivity index (χ0n) is 9.94. The molecular weight excluding hydrogens is 256 g/mol. The van der Waals surface area contributed by atoms with E-state index in [1.807, 2.05) is 0 Å². The third-order valence-electron chi connectivity index (χ3n) is 2.32. The summed E-state index contributed by atoms with van der Waals surface area (Å²) in [6.45, 7) is 1.90. The van der Waals surface area contributed by atoms with Crippen molar-refractivity contribution in [3.63, 3.8) is 0 Å². The molecule has 96 valence electrons. The fourth-order valence-corrected chi connectivity index (χ4v) is 1.63. The van der Waals surface area contributed by atoms with Gasteiger partial charge < -0.3 is 4.74 Å². The van der Waals surface area contributed by atoms with E-state index >= 15 is 0 Å². The fourth-order valence-electron chi connectivity index (χ4n) is 1.46. The van der Waals surface area contributed by atoms with Crippen LogP contribution in [0.2, 0.25) is 0 Å². The monoisotopic (exact) mass is 268 g/mol. The summed E-state index contributed by atoms with van der Waals surface area (Å²) in [5.41, 5.74) is 0.675. The molecule has 4 nitrogen and oxygen atoms in total. The van der Waals surface area contributed by atoms with Crippen molar-refractivity contribution >= 4 is 29.6 Å². The molecule has 0 saturated heterocycles. The second-order valence-corrected chi connectivity index (χ2v) is 3.88. The maximum absolute atomic E-state index is 11.6. The van der Waals surface area contributed by atoms with Gasteiger partial charge in [-0.3, -0.25) is 9.59 Å². The van der Waals surface area contributed by atoms with E-state index in [1.165, 1.54) is 18.2 Å². The zero-order valence-corrected chi connectivity index (χ0v) is 10.7. The molecule has 0 unspecified atom stereocenters. The van der Waals surface area contributed by atoms with Gasteiger partial charge in [-0.25, -0.2) is 4.79 Å². The van der Waals surface area contributed by atoms with E-state index < -0.39 is 5.97 Å². The Balaban J connectivity index is 3.07. The highest BCUT2D eigenvalue weighted by molar-refractivity contribution is 6.19. The summed E-state index contributed by atoms with van der Waals surface area (Å²) in [6.07, 6.45) is 0.725. The molecular formula is C13H13ClO4. The number of hydrogen-bond acceptors (Lipinski definition) is 4. The van der Waals surface area contributed by atoms with E-state index in [-0.39, 0.29) is 35.8 Å². The van der Waals surface area contributed by atoms with Gasteiger partial charge in [-0.15, -0.1) is 11.6 Å². The Labute approximate surface area is 110 Å². The molecule has 5 heteroatoms. The van der Waals surface area contributed by atoms with Crippen molar-refractivity contribution in [3.8, 4) is 0 Å². The molecule has 0 radical (unpaired) electrons. The van der Waals surface area contributed by atoms with Gasteiger partial charge in [0.25, 0.3) is 0 Å². The number of rotatable bonds is 6. The first-order chi connectivity index (χ1) is 8.63. The summed E-state index contributed by atoms with van der Waals surface area (Å²) in [5.74, 6) is -0.519. The van der Waals surface area contributed by atoms with Crippen molar-refractivity contribution < 1.29 is 19.1 Å². The van der Waals surface area contributed by atoms with Crippen LogP contribution in [0, 0.1) is 0 Å². The van der Waals surface area contributed by atoms with Crippen LogP contribution in [0.4, 0.5) is 0 Å². The Hall–Kier alpha value is -1.68. The lowest BCUT2D eigenvalue weighted by Gasteiger charge is -2.06. The quantitative estimate of drug-likeness (QED) is 0.344. The van der Waals surface area contributed by atoms with E-state index in [0.717, 1.165) is 0 Å². The molecule has 0 spiro atoms. The van der Waals surface area contributed by atoms with Gasteiger partial charge in [-0.1, -0.05) is 6.07 Å². The second-order valence-electron chi connectivity index (χ2n) is 3.50. The normalized spacial score (nSPS) is 9.89. The lowest BCUT2D eigenvalue weighted by molar-refractivity contribution is 0.0524. The topological polar surface area (TPSA) is 60.4 Å². The molecule has 18 heavy (non-hydrogen) atoms. The minimum atomic E-state index is -0.573. The van der Waals surface area contributed by atoms with Crippen molar-refractivity contribution in [1.82, 2.24) is 0 Å². The van der Waals surface area contributed by atoms with Gasteiger partial charge in [-0.05, 0) is 19.1 Å². The van der Waals surface area contributed by atoms with Crippen LogP contribution in [0.25, 0.3) is 0 Å². The third-order valence-corrected chi connectivity index (χ3v) is 2.51. The number of Topliss-reactive ketones (excluding diaryl/α,β-unsaturated/α-hetero) is 1. The average Bonchev–Trinajstić information content (AvgIpc) is 2.38. The summed E-state index contributed by atoms with van der Waals surface area (Å²) in [4.78, 5) is 34.1. The predicted molar refractivity (Wildman–Crippen MR) is 67.5 cm³/mol. The summed E-state index contributed by atoms with van der Waals surface area (Å²) in [7, 11) is 0. The highest BCUT2D eigenvalue weighted by Crippen LogP contribution is 2.13. The van der Waals surface area contributed by atoms with Crippen LogP contribution in [0.15, 0.2) is 18.2 Å². The minimum absolute atomic E-state index is 0.147. The van der Waals surface area contributed by atoms with E-state index in [2.05, 4.69) is 0 Å². The zero-order chi connectivity index (χ0) is 13.5. The van der Waals surface area contributed by atoms with Crippen LogP contribution in [0.1, 0.15) is 44.4 Å². The molecule has 0 aromatic heterocycles. The van der Waals surface area contributed by atoms with E-state index in [0.29, 0.717) is 11.8 Å². The molecule has 0 atom stereocenters. The average molecular weight is 269 g/mol. The Bertz CT molecular complexity index is 468. The van der Waals surface area contributed by atoms with Gasteiger partial charge in [0.05, 0.1) is 12.2 Å². The highest BCUT2D eigenvalue weighted by atomic mass is 35.5. The van der Waals surface area contributed by atoms with Gasteiger partial charge in [-0.2, -0.15) is 0 Å². The first-order valence-corrected chi connectivity index (χ1v) is 6.03. The molecule has 0 N–H and O–H groups in total. The fraction of sp³-hybridized carbons (Fsp3) is 0.308. The molecule has 0 saturated carbocycles. The number of hydrogen-bond donors (Lipinski definition) is 0. The van der Waals surface area contributed by atoms with Crippen LogP contribution in [-0.2, 0) is 4.74 Å². The molecule has 1 rings (SSSR count). The molecule has 0 aliphatic rings. The molecule has 0 aliphatic heterocycles. The summed E-state index contributed by atoms with van der Waals surface area (Å²) in [5, 5.41) is 0. The second kappa shape index (κ2) is 6.91. The standard InChI is InChI=1S/C13H13ClO4/c1-2-18-13(17)11-4-3-9(7-10(11)8-15)12(16)5-6-14/h3-4,7-8H,2,5-6H2,1H3. The third kappa shape index (κ3) is 3.40. The van der Waals surface area contributed by atoms with Crippen LogP contribution in [0.3, 0.4) is 0 Å². The number of carbonyl (C=O) groups excluding carboxylic acids is 3. The smallest absolute Gasteiger partial charge is 0.338 e. The first-order valence-electron chi connectivity index (χ1n) is 5.49. The maximum Gasteiger partial charge on any atom is 0.338 e. The molecule has 0 bridgehead atoms. The number of esters is 1. The van der Waals surface area contributed by atoms with Crippen LogP contribution < -0.4 is 0 Å². The number of carbonyl (C=O) groups is 3. The SMILES string of the molecule is CCOC(=O)c1ccc(C(=O)CCCl)cc1C=O. The Morgan fingerprint density at radius 2 is 2.11 bits per heavy atom. The van der Waals surface area contributed by atoms with Gasteiger partial charge in [0.1, 0.15) is 0 Å². The lowest BCUT2D eigenvalue weighted by Crippen LogP contribution is -2.09. The van der Waals surface area contributed by atoms with Crippen molar-refractivity contribution in [2.24, 2.45) is 0 Å². The summed E-state index contributed by atoms with van der Waals surface area (Å²) in [6, 6.07) is 4.30. The Morgan fingerprint density at radius 1 is 1.39 bits per heavy atom. The predicted octanol–water partition coefficient (Wildman–Crippen LogP) is 2.49. The Morgan fingerprint density at radius 3 is 2.67 bits per heavy atom. The molecule has 1 aromatic rings. The maximum atomic E-state index is 11.6. The largest absolute Gasteiger partial charge is 0.462 e. The molecule has 0 aliphatic carbocycles. The molecule has 0 amide bonds. The number of aldehydes is 1. The van der Waals surface area contributed by atoms with Gasteiger partial charge in [0.2, 0.25) is 0 Å². The van der Waals surface area contributed by atoms with Crippen molar-refractivity contribution in [1.29, 1.82) is 0 Å². The summed E-state index contributed by atoms with van der Waals surface area (Å²) >= 11 is 5.48. The number of ether oxygens (including phenoxy) is 1. The van der Waals surface area contributed by atoms with Crippen molar-refractivity contribution in [2.45, 2.75) is 13.3 Å². The van der Waals surface area contributed by atoms with E-state index in [9.17, 15) is 14.4 Å². The Kier molecular flexibility index (Phi) is 5.52. The van der Waals surface area contributed by atoms with E-state index in [1.54, 1.807) is 6.92 Å². The number of benzene rings is 1. The van der Waals surface area contributed by atoms with Crippen LogP contribution >= 0.6 is 11.6 Å². The lowest BCUT2D eigenvalue weighted by atomic mass is 10.0. The molecule has 0 fully saturated rings. The van der Waals surface area contributed by atoms with Gasteiger partial charge in [0, 0.05) is 23.4 Å². The number of alkyl halides is 1. The number of halogens is 1. The minimum Gasteiger partial charge on any atom is -0.462 e.